The van der Waals surface area contributed by atoms with Gasteiger partial charge < -0.3 is 10.2 Å². The van der Waals surface area contributed by atoms with E-state index in [0.29, 0.717) is 12.8 Å². The van der Waals surface area contributed by atoms with Gasteiger partial charge in [-0.05, 0) is 12.8 Å². The summed E-state index contributed by atoms with van der Waals surface area (Å²) in [5.74, 6) is 0. The summed E-state index contributed by atoms with van der Waals surface area (Å²) in [4.78, 5) is 0.566. The molecule has 1 aliphatic rings. The smallest absolute Gasteiger partial charge is 0.0810 e. The van der Waals surface area contributed by atoms with Gasteiger partial charge in [0.1, 0.15) is 0 Å². The van der Waals surface area contributed by atoms with Gasteiger partial charge in [0.2, 0.25) is 0 Å². The average molecular weight is 274 g/mol. The number of aliphatic hydroxyl groups excluding tert-OH is 2. The van der Waals surface area contributed by atoms with Crippen molar-refractivity contribution in [3.8, 4) is 0 Å². The molecule has 1 aliphatic carbocycles. The number of rotatable bonds is 0. The van der Waals surface area contributed by atoms with Gasteiger partial charge in [-0.1, -0.05) is 31.9 Å². The molecular weight excluding hydrogens is 264 g/mol. The minimum atomic E-state index is -0.557. The fraction of sp³-hybridized carbons (Fsp3) is 1.00. The first kappa shape index (κ1) is 8.97. The Balaban J connectivity index is 2.46. The summed E-state index contributed by atoms with van der Waals surface area (Å²) in [6, 6.07) is 0. The molecule has 1 fully saturated rings. The lowest BCUT2D eigenvalue weighted by Gasteiger charge is -2.30. The summed E-state index contributed by atoms with van der Waals surface area (Å²) in [7, 11) is 0. The monoisotopic (exact) mass is 272 g/mol. The Hall–Kier alpha value is 0.880. The van der Waals surface area contributed by atoms with Crippen LogP contribution in [0.4, 0.5) is 0 Å². The Kier molecular flexibility index (Phi) is 3.16. The van der Waals surface area contributed by atoms with Crippen molar-refractivity contribution in [3.05, 3.63) is 0 Å². The minimum Gasteiger partial charge on any atom is -0.390 e. The van der Waals surface area contributed by atoms with Crippen LogP contribution >= 0.6 is 31.9 Å². The van der Waals surface area contributed by atoms with Crippen LogP contribution in [0.25, 0.3) is 0 Å². The van der Waals surface area contributed by atoms with E-state index in [-0.39, 0.29) is 9.65 Å². The van der Waals surface area contributed by atoms with E-state index in [4.69, 9.17) is 10.2 Å². The SMILES string of the molecule is O[C@@H]1C[C@@H](Br)[C@H](Br)C[C@H]1O. The number of halogens is 2. The van der Waals surface area contributed by atoms with Gasteiger partial charge in [-0.15, -0.1) is 0 Å². The molecule has 1 rings (SSSR count). The molecule has 2 N–H and O–H groups in total. The summed E-state index contributed by atoms with van der Waals surface area (Å²) in [6.07, 6.45) is 0.130. The Morgan fingerprint density at radius 1 is 0.900 bits per heavy atom. The molecule has 4 heteroatoms. The number of hydrogen-bond donors (Lipinski definition) is 2. The highest BCUT2D eigenvalue weighted by Gasteiger charge is 2.32. The highest BCUT2D eigenvalue weighted by molar-refractivity contribution is 9.12. The van der Waals surface area contributed by atoms with Crippen molar-refractivity contribution in [2.24, 2.45) is 0 Å². The third kappa shape index (κ3) is 1.94. The maximum absolute atomic E-state index is 9.17. The highest BCUT2D eigenvalue weighted by Crippen LogP contribution is 2.30. The van der Waals surface area contributed by atoms with Gasteiger partial charge in [0, 0.05) is 9.65 Å². The molecular formula is C6H10Br2O2. The first-order valence-electron chi connectivity index (χ1n) is 3.25. The quantitative estimate of drug-likeness (QED) is 0.648. The molecule has 4 atom stereocenters. The molecule has 0 aliphatic heterocycles. The predicted octanol–water partition coefficient (Wildman–Crippen LogP) is 1.03. The second-order valence-corrected chi connectivity index (χ2v) is 4.99. The molecule has 0 unspecified atom stereocenters. The van der Waals surface area contributed by atoms with Crippen molar-refractivity contribution < 1.29 is 10.2 Å². The number of alkyl halides is 2. The van der Waals surface area contributed by atoms with Gasteiger partial charge in [0.15, 0.2) is 0 Å². The van der Waals surface area contributed by atoms with Crippen molar-refractivity contribution in [2.45, 2.75) is 34.7 Å². The zero-order valence-electron chi connectivity index (χ0n) is 5.37. The van der Waals surface area contributed by atoms with Crippen molar-refractivity contribution in [3.63, 3.8) is 0 Å². The highest BCUT2D eigenvalue weighted by atomic mass is 79.9. The molecule has 0 heterocycles. The van der Waals surface area contributed by atoms with Crippen LogP contribution < -0.4 is 0 Å². The average Bonchev–Trinajstić information content (AvgIpc) is 1.84. The van der Waals surface area contributed by atoms with Crippen LogP contribution in [0.1, 0.15) is 12.8 Å². The van der Waals surface area contributed by atoms with E-state index in [0.717, 1.165) is 0 Å². The molecule has 0 spiro atoms. The molecule has 0 bridgehead atoms. The zero-order chi connectivity index (χ0) is 7.72. The summed E-state index contributed by atoms with van der Waals surface area (Å²) >= 11 is 6.81. The van der Waals surface area contributed by atoms with E-state index in [1.54, 1.807) is 0 Å². The number of hydrogen-bond acceptors (Lipinski definition) is 2. The van der Waals surface area contributed by atoms with E-state index < -0.39 is 12.2 Å². The van der Waals surface area contributed by atoms with Gasteiger partial charge in [-0.2, -0.15) is 0 Å². The lowest BCUT2D eigenvalue weighted by Crippen LogP contribution is -2.39. The summed E-state index contributed by atoms with van der Waals surface area (Å²) in [5, 5.41) is 18.3. The third-order valence-electron chi connectivity index (χ3n) is 1.77. The van der Waals surface area contributed by atoms with Crippen LogP contribution in [0, 0.1) is 0 Å². The van der Waals surface area contributed by atoms with Gasteiger partial charge in [-0.3, -0.25) is 0 Å². The maximum Gasteiger partial charge on any atom is 0.0810 e. The Labute approximate surface area is 76.9 Å². The number of aliphatic hydroxyl groups is 2. The topological polar surface area (TPSA) is 40.5 Å². The largest absolute Gasteiger partial charge is 0.390 e. The van der Waals surface area contributed by atoms with Crippen LogP contribution in [0.2, 0.25) is 0 Å². The van der Waals surface area contributed by atoms with Crippen molar-refractivity contribution in [1.29, 1.82) is 0 Å². The summed E-state index contributed by atoms with van der Waals surface area (Å²) < 4.78 is 0. The zero-order valence-corrected chi connectivity index (χ0v) is 8.55. The van der Waals surface area contributed by atoms with Crippen LogP contribution in [-0.2, 0) is 0 Å². The van der Waals surface area contributed by atoms with Crippen molar-refractivity contribution in [2.75, 3.05) is 0 Å². The van der Waals surface area contributed by atoms with Crippen molar-refractivity contribution in [1.82, 2.24) is 0 Å². The molecule has 0 amide bonds. The fourth-order valence-corrected chi connectivity index (χ4v) is 2.27. The lowest BCUT2D eigenvalue weighted by atomic mass is 9.95. The maximum atomic E-state index is 9.17. The summed E-state index contributed by atoms with van der Waals surface area (Å²) in [5.41, 5.74) is 0. The lowest BCUT2D eigenvalue weighted by molar-refractivity contribution is -0.00392. The third-order valence-corrected chi connectivity index (χ3v) is 4.50. The molecule has 0 aromatic heterocycles. The van der Waals surface area contributed by atoms with Gasteiger partial charge in [0.25, 0.3) is 0 Å². The van der Waals surface area contributed by atoms with Crippen LogP contribution in [0.3, 0.4) is 0 Å². The van der Waals surface area contributed by atoms with Gasteiger partial charge in [-0.25, -0.2) is 0 Å². The molecule has 1 saturated carbocycles. The Morgan fingerprint density at radius 3 is 1.50 bits per heavy atom. The van der Waals surface area contributed by atoms with Crippen LogP contribution in [-0.4, -0.2) is 32.1 Å². The molecule has 0 aromatic rings. The fourth-order valence-electron chi connectivity index (χ4n) is 1.07. The predicted molar refractivity (Wildman–Crippen MR) is 46.7 cm³/mol. The van der Waals surface area contributed by atoms with Gasteiger partial charge >= 0.3 is 0 Å². The van der Waals surface area contributed by atoms with Gasteiger partial charge in [0.05, 0.1) is 12.2 Å². The van der Waals surface area contributed by atoms with Crippen molar-refractivity contribution >= 4 is 31.9 Å². The molecule has 0 saturated heterocycles. The van der Waals surface area contributed by atoms with E-state index in [9.17, 15) is 0 Å². The molecule has 0 aromatic carbocycles. The second-order valence-electron chi connectivity index (χ2n) is 2.64. The molecule has 0 radical (unpaired) electrons. The second kappa shape index (κ2) is 3.52. The van der Waals surface area contributed by atoms with Crippen LogP contribution in [0.15, 0.2) is 0 Å². The summed E-state index contributed by atoms with van der Waals surface area (Å²) in [6.45, 7) is 0. The van der Waals surface area contributed by atoms with E-state index in [1.807, 2.05) is 0 Å². The Morgan fingerprint density at radius 2 is 1.20 bits per heavy atom. The standard InChI is InChI=1S/C6H10Br2O2/c7-3-1-5(9)6(10)2-4(3)8/h3-6,9-10H,1-2H2/t3-,4-,5-,6-/m1/s1. The minimum absolute atomic E-state index is 0.283. The van der Waals surface area contributed by atoms with E-state index in [2.05, 4.69) is 31.9 Å². The molecule has 2 nitrogen and oxygen atoms in total. The van der Waals surface area contributed by atoms with E-state index in [1.165, 1.54) is 0 Å². The first-order valence-corrected chi connectivity index (χ1v) is 5.08. The molecule has 60 valence electrons. The normalized spacial score (nSPS) is 49.2. The first-order chi connectivity index (χ1) is 4.61. The molecule has 10 heavy (non-hydrogen) atoms. The van der Waals surface area contributed by atoms with E-state index >= 15 is 0 Å². The Bertz CT molecular complexity index is 94.3. The van der Waals surface area contributed by atoms with Crippen LogP contribution in [0.5, 0.6) is 0 Å².